The Morgan fingerprint density at radius 2 is 2.18 bits per heavy atom. The Morgan fingerprint density at radius 3 is 2.71 bits per heavy atom. The number of ether oxygens (including phenoxy) is 1. The summed E-state index contributed by atoms with van der Waals surface area (Å²) in [4.78, 5) is 14.0. The van der Waals surface area contributed by atoms with Crippen LogP contribution in [0.5, 0.6) is 0 Å². The van der Waals surface area contributed by atoms with E-state index in [0.29, 0.717) is 19.4 Å². The molecule has 92 valence electrons. The molecule has 4 heteroatoms. The van der Waals surface area contributed by atoms with Crippen LogP contribution in [0, 0.1) is 0 Å². The highest BCUT2D eigenvalue weighted by molar-refractivity contribution is 7.12. The van der Waals surface area contributed by atoms with Crippen LogP contribution < -0.4 is 0 Å². The van der Waals surface area contributed by atoms with Crippen LogP contribution in [0.4, 0.5) is 0 Å². The van der Waals surface area contributed by atoms with Crippen LogP contribution in [0.2, 0.25) is 0 Å². The topological polar surface area (TPSA) is 46.5 Å². The Kier molecular flexibility index (Phi) is 3.64. The second-order valence-corrected chi connectivity index (χ2v) is 5.27. The molecule has 0 atom stereocenters. The highest BCUT2D eigenvalue weighted by Crippen LogP contribution is 2.41. The monoisotopic (exact) mass is 252 g/mol. The maximum Gasteiger partial charge on any atom is 0.318 e. The van der Waals surface area contributed by atoms with Gasteiger partial charge in [-0.15, -0.1) is 11.3 Å². The summed E-state index contributed by atoms with van der Waals surface area (Å²) in [6, 6.07) is 3.80. The van der Waals surface area contributed by atoms with E-state index in [1.165, 1.54) is 11.3 Å². The highest BCUT2D eigenvalue weighted by Gasteiger charge is 2.43. The first-order valence-corrected chi connectivity index (χ1v) is 6.57. The third kappa shape index (κ3) is 2.15. The third-order valence-corrected chi connectivity index (χ3v) is 4.33. The van der Waals surface area contributed by atoms with Gasteiger partial charge in [-0.3, -0.25) is 4.79 Å². The van der Waals surface area contributed by atoms with E-state index in [-0.39, 0.29) is 12.6 Å². The van der Waals surface area contributed by atoms with Crippen molar-refractivity contribution in [2.45, 2.75) is 31.8 Å². The van der Waals surface area contributed by atoms with Gasteiger partial charge in [-0.05, 0) is 31.9 Å². The molecule has 0 saturated heterocycles. The zero-order valence-corrected chi connectivity index (χ0v) is 10.6. The Morgan fingerprint density at radius 1 is 1.47 bits per heavy atom. The number of thiophene rings is 1. The van der Waals surface area contributed by atoms with Crippen molar-refractivity contribution < 1.29 is 14.6 Å². The lowest BCUT2D eigenvalue weighted by Gasteiger charge is -2.25. The zero-order chi connectivity index (χ0) is 12.3. The molecule has 1 aliphatic carbocycles. The number of hydrogen-bond acceptors (Lipinski definition) is 4. The number of aliphatic hydroxyl groups is 1. The molecular weight excluding hydrogens is 236 g/mol. The van der Waals surface area contributed by atoms with Gasteiger partial charge in [-0.25, -0.2) is 0 Å². The quantitative estimate of drug-likeness (QED) is 0.661. The molecule has 3 nitrogen and oxygen atoms in total. The largest absolute Gasteiger partial charge is 0.465 e. The molecule has 0 radical (unpaired) electrons. The third-order valence-electron chi connectivity index (χ3n) is 3.05. The first-order chi connectivity index (χ1) is 8.23. The van der Waals surface area contributed by atoms with E-state index in [4.69, 9.17) is 9.84 Å². The summed E-state index contributed by atoms with van der Waals surface area (Å²) < 4.78 is 5.19. The number of carbonyl (C=O) groups excluding carboxylic acids is 1. The molecule has 0 spiro atoms. The van der Waals surface area contributed by atoms with Gasteiger partial charge in [0.05, 0.1) is 13.2 Å². The van der Waals surface area contributed by atoms with E-state index in [9.17, 15) is 4.79 Å². The summed E-state index contributed by atoms with van der Waals surface area (Å²) in [5.41, 5.74) is -0.548. The molecule has 1 aromatic heterocycles. The first kappa shape index (κ1) is 12.3. The van der Waals surface area contributed by atoms with Crippen LogP contribution in [-0.4, -0.2) is 17.7 Å². The van der Waals surface area contributed by atoms with Crippen LogP contribution in [0.25, 0.3) is 0 Å². The lowest BCUT2D eigenvalue weighted by molar-refractivity contribution is -0.149. The summed E-state index contributed by atoms with van der Waals surface area (Å²) in [7, 11) is 0. The molecule has 1 aliphatic rings. The molecule has 1 N–H and O–H groups in total. The zero-order valence-electron chi connectivity index (χ0n) is 9.81. The highest BCUT2D eigenvalue weighted by atomic mass is 32.1. The van der Waals surface area contributed by atoms with Crippen LogP contribution in [0.1, 0.15) is 29.5 Å². The Labute approximate surface area is 105 Å². The van der Waals surface area contributed by atoms with Crippen LogP contribution in [0.3, 0.4) is 0 Å². The molecule has 1 heterocycles. The van der Waals surface area contributed by atoms with Crippen molar-refractivity contribution in [1.82, 2.24) is 0 Å². The van der Waals surface area contributed by atoms with Crippen LogP contribution in [0.15, 0.2) is 24.3 Å². The van der Waals surface area contributed by atoms with Gasteiger partial charge in [0.2, 0.25) is 0 Å². The fourth-order valence-corrected chi connectivity index (χ4v) is 3.17. The van der Waals surface area contributed by atoms with Gasteiger partial charge in [-0.1, -0.05) is 12.2 Å². The van der Waals surface area contributed by atoms with Crippen molar-refractivity contribution in [2.24, 2.45) is 0 Å². The molecule has 0 unspecified atom stereocenters. The molecule has 0 bridgehead atoms. The van der Waals surface area contributed by atoms with Crippen molar-refractivity contribution in [3.05, 3.63) is 34.0 Å². The second-order valence-electron chi connectivity index (χ2n) is 4.11. The van der Waals surface area contributed by atoms with Crippen molar-refractivity contribution in [1.29, 1.82) is 0 Å². The van der Waals surface area contributed by atoms with E-state index < -0.39 is 5.41 Å². The minimum absolute atomic E-state index is 0.0248. The maximum atomic E-state index is 12.1. The van der Waals surface area contributed by atoms with Crippen molar-refractivity contribution in [2.75, 3.05) is 6.61 Å². The fourth-order valence-electron chi connectivity index (χ4n) is 2.11. The van der Waals surface area contributed by atoms with Gasteiger partial charge in [0, 0.05) is 9.75 Å². The molecule has 0 aromatic carbocycles. The summed E-state index contributed by atoms with van der Waals surface area (Å²) in [6.45, 7) is 2.25. The number of carbonyl (C=O) groups is 1. The standard InChI is InChI=1S/C13H16O3S/c1-2-16-12(15)13(7-3-4-8-13)11-6-5-10(9-14)17-11/h3-6,14H,2,7-9H2,1H3. The number of hydrogen-bond donors (Lipinski definition) is 1. The predicted octanol–water partition coefficient (Wildman–Crippen LogP) is 2.39. The summed E-state index contributed by atoms with van der Waals surface area (Å²) in [5, 5.41) is 9.10. The Hall–Kier alpha value is -1.13. The number of esters is 1. The van der Waals surface area contributed by atoms with E-state index in [0.717, 1.165) is 9.75 Å². The van der Waals surface area contributed by atoms with Crippen molar-refractivity contribution >= 4 is 17.3 Å². The lowest BCUT2D eigenvalue weighted by Crippen LogP contribution is -2.34. The van der Waals surface area contributed by atoms with Gasteiger partial charge in [-0.2, -0.15) is 0 Å². The van der Waals surface area contributed by atoms with Gasteiger partial charge in [0.25, 0.3) is 0 Å². The van der Waals surface area contributed by atoms with Crippen molar-refractivity contribution in [3.8, 4) is 0 Å². The number of rotatable bonds is 4. The number of aliphatic hydroxyl groups excluding tert-OH is 1. The predicted molar refractivity (Wildman–Crippen MR) is 66.9 cm³/mol. The molecule has 17 heavy (non-hydrogen) atoms. The van der Waals surface area contributed by atoms with Gasteiger partial charge in [0.15, 0.2) is 0 Å². The van der Waals surface area contributed by atoms with Gasteiger partial charge >= 0.3 is 5.97 Å². The lowest BCUT2D eigenvalue weighted by atomic mass is 9.84. The Balaban J connectivity index is 2.31. The molecule has 0 fully saturated rings. The Bertz CT molecular complexity index is 426. The van der Waals surface area contributed by atoms with Crippen LogP contribution >= 0.6 is 11.3 Å². The smallest absolute Gasteiger partial charge is 0.318 e. The number of allylic oxidation sites excluding steroid dienone is 2. The average Bonchev–Trinajstić information content (AvgIpc) is 2.99. The van der Waals surface area contributed by atoms with E-state index >= 15 is 0 Å². The van der Waals surface area contributed by atoms with E-state index in [1.54, 1.807) is 0 Å². The molecular formula is C13H16O3S. The van der Waals surface area contributed by atoms with E-state index in [2.05, 4.69) is 0 Å². The minimum atomic E-state index is -0.548. The first-order valence-electron chi connectivity index (χ1n) is 5.75. The molecule has 0 aliphatic heterocycles. The van der Waals surface area contributed by atoms with Gasteiger partial charge in [0.1, 0.15) is 5.41 Å². The minimum Gasteiger partial charge on any atom is -0.465 e. The normalized spacial score (nSPS) is 17.3. The average molecular weight is 252 g/mol. The maximum absolute atomic E-state index is 12.1. The molecule has 0 amide bonds. The SMILES string of the molecule is CCOC(=O)C1(c2ccc(CO)s2)CC=CC1. The summed E-state index contributed by atoms with van der Waals surface area (Å²) >= 11 is 1.49. The van der Waals surface area contributed by atoms with E-state index in [1.807, 2.05) is 31.2 Å². The summed E-state index contributed by atoms with van der Waals surface area (Å²) in [5.74, 6) is -0.156. The second kappa shape index (κ2) is 5.02. The van der Waals surface area contributed by atoms with Gasteiger partial charge < -0.3 is 9.84 Å². The molecule has 1 aromatic rings. The van der Waals surface area contributed by atoms with Crippen molar-refractivity contribution in [3.63, 3.8) is 0 Å². The summed E-state index contributed by atoms with van der Waals surface area (Å²) in [6.07, 6.45) is 5.43. The fraction of sp³-hybridized carbons (Fsp3) is 0.462. The molecule has 0 saturated carbocycles. The molecule has 2 rings (SSSR count). The van der Waals surface area contributed by atoms with Crippen LogP contribution in [-0.2, 0) is 21.6 Å².